The second kappa shape index (κ2) is 6.62. The van der Waals surface area contributed by atoms with Gasteiger partial charge >= 0.3 is 5.97 Å². The molecule has 2 aromatic heterocycles. The van der Waals surface area contributed by atoms with Gasteiger partial charge in [-0.3, -0.25) is 14.2 Å². The molecule has 0 saturated heterocycles. The number of aromatic carboxylic acids is 1. The molecule has 1 N–H and O–H groups in total. The van der Waals surface area contributed by atoms with Crippen LogP contribution in [0.2, 0.25) is 0 Å². The fraction of sp³-hybridized carbons (Fsp3) is 0.263. The van der Waals surface area contributed by atoms with Gasteiger partial charge in [-0.2, -0.15) is 0 Å². The fourth-order valence-electron chi connectivity index (χ4n) is 3.41. The summed E-state index contributed by atoms with van der Waals surface area (Å²) in [4.78, 5) is 43.4. The van der Waals surface area contributed by atoms with Gasteiger partial charge in [-0.1, -0.05) is 24.3 Å². The highest BCUT2D eigenvalue weighted by molar-refractivity contribution is 7.17. The van der Waals surface area contributed by atoms with Gasteiger partial charge in [-0.05, 0) is 24.5 Å². The van der Waals surface area contributed by atoms with Gasteiger partial charge in [0.2, 0.25) is 5.91 Å². The molecule has 1 aliphatic heterocycles. The molecule has 0 atom stereocenters. The fourth-order valence-corrected chi connectivity index (χ4v) is 4.36. The summed E-state index contributed by atoms with van der Waals surface area (Å²) in [6, 6.07) is 8.00. The van der Waals surface area contributed by atoms with Gasteiger partial charge in [0.05, 0.1) is 10.9 Å². The maximum absolute atomic E-state index is 12.8. The van der Waals surface area contributed by atoms with Gasteiger partial charge in [0.25, 0.3) is 5.56 Å². The predicted molar refractivity (Wildman–Crippen MR) is 101 cm³/mol. The predicted octanol–water partition coefficient (Wildman–Crippen LogP) is 2.05. The number of fused-ring (bicyclic) bond motifs is 2. The molecule has 4 rings (SSSR count). The Morgan fingerprint density at radius 3 is 2.74 bits per heavy atom. The Bertz CT molecular complexity index is 1130. The van der Waals surface area contributed by atoms with Gasteiger partial charge in [0.1, 0.15) is 17.2 Å². The first-order valence-corrected chi connectivity index (χ1v) is 9.40. The first-order valence-electron chi connectivity index (χ1n) is 8.52. The van der Waals surface area contributed by atoms with E-state index in [9.17, 15) is 19.5 Å². The van der Waals surface area contributed by atoms with E-state index in [1.807, 2.05) is 18.2 Å². The number of nitrogens with zero attached hydrogens (tertiary/aromatic N) is 3. The Morgan fingerprint density at radius 2 is 2.00 bits per heavy atom. The van der Waals surface area contributed by atoms with Gasteiger partial charge in [-0.25, -0.2) is 9.78 Å². The standard InChI is InChI=1S/C19H17N3O4S/c1-11-20-17-16(14(10-27-17)19(25)26)18(24)22(11)9-15(23)21-7-6-12-4-2-3-5-13(12)8-21/h2-5,10H,6-9H2,1H3,(H,25,26). The van der Waals surface area contributed by atoms with E-state index >= 15 is 0 Å². The van der Waals surface area contributed by atoms with Crippen LogP contribution in [0.5, 0.6) is 0 Å². The average Bonchev–Trinajstić information content (AvgIpc) is 3.08. The molecule has 0 fully saturated rings. The lowest BCUT2D eigenvalue weighted by molar-refractivity contribution is -0.132. The van der Waals surface area contributed by atoms with Gasteiger partial charge in [0, 0.05) is 18.5 Å². The summed E-state index contributed by atoms with van der Waals surface area (Å²) >= 11 is 1.12. The third kappa shape index (κ3) is 3.02. The number of hydrogen-bond acceptors (Lipinski definition) is 5. The van der Waals surface area contributed by atoms with E-state index < -0.39 is 11.5 Å². The SMILES string of the molecule is Cc1nc2scc(C(=O)O)c2c(=O)n1CC(=O)N1CCc2ccccc2C1. The van der Waals surface area contributed by atoms with E-state index in [1.54, 1.807) is 11.8 Å². The third-order valence-electron chi connectivity index (χ3n) is 4.89. The van der Waals surface area contributed by atoms with E-state index in [0.29, 0.717) is 23.7 Å². The number of carboxylic acids is 1. The summed E-state index contributed by atoms with van der Waals surface area (Å²) in [5, 5.41) is 10.8. The second-order valence-electron chi connectivity index (χ2n) is 6.52. The summed E-state index contributed by atoms with van der Waals surface area (Å²) in [7, 11) is 0. The van der Waals surface area contributed by atoms with Crippen LogP contribution in [0.1, 0.15) is 27.3 Å². The number of rotatable bonds is 3. The number of amides is 1. The largest absolute Gasteiger partial charge is 0.478 e. The Hall–Kier alpha value is -3.00. The minimum Gasteiger partial charge on any atom is -0.478 e. The number of aromatic nitrogens is 2. The summed E-state index contributed by atoms with van der Waals surface area (Å²) in [5.74, 6) is -0.950. The Balaban J connectivity index is 1.66. The first-order chi connectivity index (χ1) is 13.0. The van der Waals surface area contributed by atoms with Crippen LogP contribution in [-0.2, 0) is 24.3 Å². The number of carbonyl (C=O) groups is 2. The topological polar surface area (TPSA) is 92.5 Å². The summed E-state index contributed by atoms with van der Waals surface area (Å²) < 4.78 is 1.27. The molecular weight excluding hydrogens is 366 g/mol. The highest BCUT2D eigenvalue weighted by Gasteiger charge is 2.23. The highest BCUT2D eigenvalue weighted by atomic mass is 32.1. The van der Waals surface area contributed by atoms with Crippen molar-refractivity contribution in [1.29, 1.82) is 0 Å². The minimum atomic E-state index is -1.17. The van der Waals surface area contributed by atoms with Gasteiger partial charge in [-0.15, -0.1) is 11.3 Å². The van der Waals surface area contributed by atoms with Crippen molar-refractivity contribution in [1.82, 2.24) is 14.5 Å². The van der Waals surface area contributed by atoms with Gasteiger partial charge in [0.15, 0.2) is 0 Å². The van der Waals surface area contributed by atoms with Crippen molar-refractivity contribution in [2.75, 3.05) is 6.54 Å². The van der Waals surface area contributed by atoms with Crippen LogP contribution in [0, 0.1) is 6.92 Å². The molecule has 3 heterocycles. The number of thiophene rings is 1. The number of carboxylic acid groups (broad SMARTS) is 1. The van der Waals surface area contributed by atoms with Crippen molar-refractivity contribution in [3.05, 3.63) is 62.5 Å². The molecular formula is C19H17N3O4S. The van der Waals surface area contributed by atoms with Crippen LogP contribution in [0.25, 0.3) is 10.2 Å². The van der Waals surface area contributed by atoms with Crippen molar-refractivity contribution in [2.45, 2.75) is 26.4 Å². The van der Waals surface area contributed by atoms with E-state index in [2.05, 4.69) is 11.1 Å². The number of benzene rings is 1. The maximum atomic E-state index is 12.8. The number of aryl methyl sites for hydroxylation is 1. The van der Waals surface area contributed by atoms with E-state index in [-0.39, 0.29) is 23.4 Å². The molecule has 27 heavy (non-hydrogen) atoms. The molecule has 0 radical (unpaired) electrons. The number of carbonyl (C=O) groups excluding carboxylic acids is 1. The van der Waals surface area contributed by atoms with Gasteiger partial charge < -0.3 is 10.0 Å². The van der Waals surface area contributed by atoms with E-state index in [0.717, 1.165) is 23.3 Å². The van der Waals surface area contributed by atoms with Crippen LogP contribution < -0.4 is 5.56 Å². The number of hydrogen-bond donors (Lipinski definition) is 1. The molecule has 0 aliphatic carbocycles. The zero-order chi connectivity index (χ0) is 19.1. The Labute approximate surface area is 158 Å². The molecule has 138 valence electrons. The zero-order valence-corrected chi connectivity index (χ0v) is 15.5. The normalized spacial score (nSPS) is 13.6. The summed E-state index contributed by atoms with van der Waals surface area (Å²) in [6.07, 6.45) is 0.779. The summed E-state index contributed by atoms with van der Waals surface area (Å²) in [5.41, 5.74) is 1.80. The molecule has 3 aromatic rings. The highest BCUT2D eigenvalue weighted by Crippen LogP contribution is 2.22. The monoisotopic (exact) mass is 383 g/mol. The molecule has 0 unspecified atom stereocenters. The smallest absolute Gasteiger partial charge is 0.337 e. The zero-order valence-electron chi connectivity index (χ0n) is 14.6. The van der Waals surface area contributed by atoms with Crippen molar-refractivity contribution in [2.24, 2.45) is 0 Å². The molecule has 0 spiro atoms. The van der Waals surface area contributed by atoms with Crippen molar-refractivity contribution in [3.8, 4) is 0 Å². The minimum absolute atomic E-state index is 0.0647. The van der Waals surface area contributed by atoms with Crippen LogP contribution in [0.15, 0.2) is 34.4 Å². The average molecular weight is 383 g/mol. The third-order valence-corrected chi connectivity index (χ3v) is 5.76. The summed E-state index contributed by atoms with van der Waals surface area (Å²) in [6.45, 7) is 2.61. The lowest BCUT2D eigenvalue weighted by Crippen LogP contribution is -2.40. The van der Waals surface area contributed by atoms with E-state index in [4.69, 9.17) is 0 Å². The van der Waals surface area contributed by atoms with Crippen LogP contribution in [0.4, 0.5) is 0 Å². The first kappa shape index (κ1) is 17.4. The molecule has 1 aromatic carbocycles. The van der Waals surface area contributed by atoms with E-state index in [1.165, 1.54) is 15.5 Å². The lowest BCUT2D eigenvalue weighted by atomic mass is 10.00. The van der Waals surface area contributed by atoms with Crippen molar-refractivity contribution in [3.63, 3.8) is 0 Å². The second-order valence-corrected chi connectivity index (χ2v) is 7.38. The molecule has 8 heteroatoms. The Kier molecular flexibility index (Phi) is 4.27. The maximum Gasteiger partial charge on any atom is 0.337 e. The van der Waals surface area contributed by atoms with Crippen LogP contribution >= 0.6 is 11.3 Å². The van der Waals surface area contributed by atoms with Crippen LogP contribution in [0.3, 0.4) is 0 Å². The molecule has 1 aliphatic rings. The quantitative estimate of drug-likeness (QED) is 0.747. The molecule has 0 saturated carbocycles. The van der Waals surface area contributed by atoms with Crippen LogP contribution in [-0.4, -0.2) is 38.0 Å². The molecule has 7 nitrogen and oxygen atoms in total. The Morgan fingerprint density at radius 1 is 1.26 bits per heavy atom. The molecule has 1 amide bonds. The van der Waals surface area contributed by atoms with Crippen molar-refractivity contribution < 1.29 is 14.7 Å². The molecule has 0 bridgehead atoms. The lowest BCUT2D eigenvalue weighted by Gasteiger charge is -2.29. The van der Waals surface area contributed by atoms with Crippen molar-refractivity contribution >= 4 is 33.4 Å².